The molecule has 0 atom stereocenters. The Labute approximate surface area is 116 Å². The van der Waals surface area contributed by atoms with Crippen molar-refractivity contribution in [3.05, 3.63) is 60.4 Å². The van der Waals surface area contributed by atoms with Crippen molar-refractivity contribution in [1.29, 1.82) is 0 Å². The summed E-state index contributed by atoms with van der Waals surface area (Å²) in [5.74, 6) is -0.291. The fourth-order valence-electron chi connectivity index (χ4n) is 2.25. The highest BCUT2D eigenvalue weighted by molar-refractivity contribution is 5.95. The van der Waals surface area contributed by atoms with Crippen molar-refractivity contribution in [2.45, 2.75) is 6.92 Å². The average Bonchev–Trinajstić information content (AvgIpc) is 2.96. The largest absolute Gasteiger partial charge is 0.464 e. The maximum atomic E-state index is 11.6. The number of rotatable bonds is 3. The van der Waals surface area contributed by atoms with Gasteiger partial charge in [0.05, 0.1) is 18.4 Å². The second-order valence-electron chi connectivity index (χ2n) is 4.44. The van der Waals surface area contributed by atoms with E-state index in [0.717, 1.165) is 22.1 Å². The van der Waals surface area contributed by atoms with Gasteiger partial charge in [-0.05, 0) is 42.3 Å². The summed E-state index contributed by atoms with van der Waals surface area (Å²) in [6.07, 6.45) is 1.68. The normalized spacial score (nSPS) is 10.7. The van der Waals surface area contributed by atoms with Crippen LogP contribution in [-0.2, 0) is 4.74 Å². The standard InChI is InChI=1S/C17H14O3/c1-2-19-17(18)13-8-6-12(7-9-13)14-4-3-5-16-15(14)10-11-20-16/h3-11H,2H2,1H3. The number of furan rings is 1. The molecule has 0 saturated carbocycles. The van der Waals surface area contributed by atoms with Gasteiger partial charge in [0.15, 0.2) is 0 Å². The van der Waals surface area contributed by atoms with E-state index in [1.165, 1.54) is 0 Å². The predicted octanol–water partition coefficient (Wildman–Crippen LogP) is 4.28. The highest BCUT2D eigenvalue weighted by Crippen LogP contribution is 2.29. The molecule has 0 bridgehead atoms. The molecule has 3 nitrogen and oxygen atoms in total. The first kappa shape index (κ1) is 12.5. The number of esters is 1. The smallest absolute Gasteiger partial charge is 0.338 e. The molecule has 0 fully saturated rings. The molecule has 0 radical (unpaired) electrons. The van der Waals surface area contributed by atoms with E-state index in [1.807, 2.05) is 36.4 Å². The van der Waals surface area contributed by atoms with E-state index in [0.29, 0.717) is 12.2 Å². The molecule has 3 heteroatoms. The number of benzene rings is 2. The maximum Gasteiger partial charge on any atom is 0.338 e. The molecule has 20 heavy (non-hydrogen) atoms. The third kappa shape index (κ3) is 2.18. The Morgan fingerprint density at radius 3 is 2.65 bits per heavy atom. The molecule has 0 aliphatic rings. The van der Waals surface area contributed by atoms with E-state index >= 15 is 0 Å². The Morgan fingerprint density at radius 2 is 1.90 bits per heavy atom. The number of hydrogen-bond acceptors (Lipinski definition) is 3. The highest BCUT2D eigenvalue weighted by Gasteiger charge is 2.08. The minimum atomic E-state index is -0.291. The Bertz CT molecular complexity index is 738. The monoisotopic (exact) mass is 266 g/mol. The van der Waals surface area contributed by atoms with Crippen LogP contribution in [-0.4, -0.2) is 12.6 Å². The predicted molar refractivity (Wildman–Crippen MR) is 77.6 cm³/mol. The van der Waals surface area contributed by atoms with E-state index in [4.69, 9.17) is 9.15 Å². The zero-order valence-electron chi connectivity index (χ0n) is 11.1. The van der Waals surface area contributed by atoms with Crippen LogP contribution in [0.5, 0.6) is 0 Å². The lowest BCUT2D eigenvalue weighted by atomic mass is 10.0. The minimum Gasteiger partial charge on any atom is -0.464 e. The van der Waals surface area contributed by atoms with E-state index in [9.17, 15) is 4.79 Å². The third-order valence-electron chi connectivity index (χ3n) is 3.20. The summed E-state index contributed by atoms with van der Waals surface area (Å²) in [4.78, 5) is 11.6. The molecule has 1 aromatic heterocycles. The molecule has 0 aliphatic carbocycles. The van der Waals surface area contributed by atoms with Crippen LogP contribution in [0.2, 0.25) is 0 Å². The SMILES string of the molecule is CCOC(=O)c1ccc(-c2cccc3occc23)cc1. The lowest BCUT2D eigenvalue weighted by molar-refractivity contribution is 0.0526. The lowest BCUT2D eigenvalue weighted by Gasteiger charge is -2.05. The van der Waals surface area contributed by atoms with Gasteiger partial charge in [-0.15, -0.1) is 0 Å². The fraction of sp³-hybridized carbons (Fsp3) is 0.118. The number of carbonyl (C=O) groups excluding carboxylic acids is 1. The van der Waals surface area contributed by atoms with Crippen LogP contribution in [0.15, 0.2) is 59.2 Å². The van der Waals surface area contributed by atoms with Crippen molar-refractivity contribution < 1.29 is 13.9 Å². The van der Waals surface area contributed by atoms with Crippen molar-refractivity contribution in [2.75, 3.05) is 6.61 Å². The molecule has 0 amide bonds. The molecule has 100 valence electrons. The second kappa shape index (κ2) is 5.21. The number of carbonyl (C=O) groups is 1. The van der Waals surface area contributed by atoms with Crippen LogP contribution >= 0.6 is 0 Å². The van der Waals surface area contributed by atoms with Crippen molar-refractivity contribution in [2.24, 2.45) is 0 Å². The van der Waals surface area contributed by atoms with E-state index in [2.05, 4.69) is 0 Å². The Kier molecular flexibility index (Phi) is 3.25. The Hall–Kier alpha value is -2.55. The van der Waals surface area contributed by atoms with Crippen LogP contribution in [0.4, 0.5) is 0 Å². The maximum absolute atomic E-state index is 11.6. The molecule has 3 aromatic rings. The molecule has 0 aliphatic heterocycles. The van der Waals surface area contributed by atoms with Crippen molar-refractivity contribution in [3.8, 4) is 11.1 Å². The van der Waals surface area contributed by atoms with Gasteiger partial charge in [-0.25, -0.2) is 4.79 Å². The summed E-state index contributed by atoms with van der Waals surface area (Å²) in [5.41, 5.74) is 3.56. The lowest BCUT2D eigenvalue weighted by Crippen LogP contribution is -2.03. The minimum absolute atomic E-state index is 0.291. The Morgan fingerprint density at radius 1 is 1.10 bits per heavy atom. The summed E-state index contributed by atoms with van der Waals surface area (Å²) >= 11 is 0. The highest BCUT2D eigenvalue weighted by atomic mass is 16.5. The van der Waals surface area contributed by atoms with E-state index < -0.39 is 0 Å². The third-order valence-corrected chi connectivity index (χ3v) is 3.20. The van der Waals surface area contributed by atoms with Crippen LogP contribution < -0.4 is 0 Å². The molecule has 0 unspecified atom stereocenters. The summed E-state index contributed by atoms with van der Waals surface area (Å²) in [7, 11) is 0. The van der Waals surface area contributed by atoms with Crippen LogP contribution in [0.25, 0.3) is 22.1 Å². The summed E-state index contributed by atoms with van der Waals surface area (Å²) < 4.78 is 10.4. The molecule has 0 spiro atoms. The van der Waals surface area contributed by atoms with E-state index in [-0.39, 0.29) is 5.97 Å². The fourth-order valence-corrected chi connectivity index (χ4v) is 2.25. The first-order chi connectivity index (χ1) is 9.79. The Balaban J connectivity index is 1.99. The van der Waals surface area contributed by atoms with Gasteiger partial charge in [0, 0.05) is 5.39 Å². The van der Waals surface area contributed by atoms with Crippen molar-refractivity contribution in [1.82, 2.24) is 0 Å². The zero-order valence-corrected chi connectivity index (χ0v) is 11.1. The first-order valence-electron chi connectivity index (χ1n) is 6.53. The molecule has 0 saturated heterocycles. The van der Waals surface area contributed by atoms with Crippen LogP contribution in [0.3, 0.4) is 0 Å². The molecule has 1 heterocycles. The van der Waals surface area contributed by atoms with Gasteiger partial charge in [-0.1, -0.05) is 24.3 Å². The molecule has 2 aromatic carbocycles. The van der Waals surface area contributed by atoms with Crippen molar-refractivity contribution >= 4 is 16.9 Å². The van der Waals surface area contributed by atoms with Gasteiger partial charge >= 0.3 is 5.97 Å². The van der Waals surface area contributed by atoms with E-state index in [1.54, 1.807) is 25.3 Å². The van der Waals surface area contributed by atoms with Crippen LogP contribution in [0, 0.1) is 0 Å². The second-order valence-corrected chi connectivity index (χ2v) is 4.44. The topological polar surface area (TPSA) is 39.4 Å². The zero-order chi connectivity index (χ0) is 13.9. The first-order valence-corrected chi connectivity index (χ1v) is 6.53. The van der Waals surface area contributed by atoms with Gasteiger partial charge in [0.2, 0.25) is 0 Å². The summed E-state index contributed by atoms with van der Waals surface area (Å²) in [5, 5.41) is 1.07. The molecular formula is C17H14O3. The van der Waals surface area contributed by atoms with Gasteiger partial charge < -0.3 is 9.15 Å². The summed E-state index contributed by atoms with van der Waals surface area (Å²) in [6, 6.07) is 15.3. The van der Waals surface area contributed by atoms with Gasteiger partial charge in [0.1, 0.15) is 5.58 Å². The van der Waals surface area contributed by atoms with Crippen molar-refractivity contribution in [3.63, 3.8) is 0 Å². The quantitative estimate of drug-likeness (QED) is 0.664. The molecular weight excluding hydrogens is 252 g/mol. The number of hydrogen-bond donors (Lipinski definition) is 0. The average molecular weight is 266 g/mol. The van der Waals surface area contributed by atoms with Gasteiger partial charge in [-0.2, -0.15) is 0 Å². The summed E-state index contributed by atoms with van der Waals surface area (Å²) in [6.45, 7) is 2.18. The van der Waals surface area contributed by atoms with Gasteiger partial charge in [-0.3, -0.25) is 0 Å². The van der Waals surface area contributed by atoms with Crippen LogP contribution in [0.1, 0.15) is 17.3 Å². The molecule has 0 N–H and O–H groups in total. The number of ether oxygens (including phenoxy) is 1. The van der Waals surface area contributed by atoms with Gasteiger partial charge in [0.25, 0.3) is 0 Å². The molecule has 3 rings (SSSR count). The number of fused-ring (bicyclic) bond motifs is 1.